The lowest BCUT2D eigenvalue weighted by molar-refractivity contribution is -0.125. The van der Waals surface area contributed by atoms with Crippen LogP contribution >= 0.6 is 11.6 Å². The number of aliphatic hydroxyl groups excluding tert-OH is 1. The largest absolute Gasteiger partial charge is 0.390 e. The number of likely N-dealkylation sites (tertiary alicyclic amines) is 1. The number of halogens is 1. The van der Waals surface area contributed by atoms with Crippen LogP contribution in [0.5, 0.6) is 0 Å². The van der Waals surface area contributed by atoms with Crippen LogP contribution in [-0.4, -0.2) is 41.7 Å². The molecular formula is C13H17ClN2O2. The highest BCUT2D eigenvalue weighted by molar-refractivity contribution is 6.31. The van der Waals surface area contributed by atoms with Gasteiger partial charge in [0.15, 0.2) is 0 Å². The van der Waals surface area contributed by atoms with E-state index in [1.54, 1.807) is 0 Å². The maximum absolute atomic E-state index is 11.8. The molecule has 0 saturated carbocycles. The van der Waals surface area contributed by atoms with Crippen molar-refractivity contribution in [1.29, 1.82) is 0 Å². The van der Waals surface area contributed by atoms with Gasteiger partial charge >= 0.3 is 0 Å². The fourth-order valence-corrected chi connectivity index (χ4v) is 2.37. The van der Waals surface area contributed by atoms with E-state index in [4.69, 9.17) is 16.7 Å². The highest BCUT2D eigenvalue weighted by Crippen LogP contribution is 2.22. The number of carbonyl (C=O) groups is 1. The summed E-state index contributed by atoms with van der Waals surface area (Å²) >= 11 is 6.07. The molecule has 0 aromatic heterocycles. The molecule has 1 aromatic carbocycles. The predicted molar refractivity (Wildman–Crippen MR) is 70.5 cm³/mol. The summed E-state index contributed by atoms with van der Waals surface area (Å²) < 4.78 is 0. The second kappa shape index (κ2) is 5.69. The van der Waals surface area contributed by atoms with Crippen molar-refractivity contribution < 1.29 is 9.90 Å². The van der Waals surface area contributed by atoms with Gasteiger partial charge in [0.1, 0.15) is 0 Å². The molecule has 1 aromatic rings. The molecule has 1 atom stereocenters. The molecule has 1 aliphatic rings. The van der Waals surface area contributed by atoms with Gasteiger partial charge in [-0.15, -0.1) is 0 Å². The van der Waals surface area contributed by atoms with Crippen LogP contribution in [0.4, 0.5) is 0 Å². The lowest BCUT2D eigenvalue weighted by Gasteiger charge is -2.35. The van der Waals surface area contributed by atoms with E-state index >= 15 is 0 Å². The smallest absolute Gasteiger partial charge is 0.234 e. The Morgan fingerprint density at radius 1 is 1.56 bits per heavy atom. The maximum atomic E-state index is 11.8. The van der Waals surface area contributed by atoms with E-state index in [-0.39, 0.29) is 18.1 Å². The summed E-state index contributed by atoms with van der Waals surface area (Å²) in [6.45, 7) is 3.39. The van der Waals surface area contributed by atoms with Gasteiger partial charge in [-0.3, -0.25) is 9.69 Å². The fraction of sp³-hybridized carbons (Fsp3) is 0.462. The van der Waals surface area contributed by atoms with Crippen molar-refractivity contribution >= 4 is 17.5 Å². The predicted octanol–water partition coefficient (Wildman–Crippen LogP) is 1.19. The lowest BCUT2D eigenvalue weighted by Crippen LogP contribution is -2.54. The molecule has 2 N–H and O–H groups in total. The van der Waals surface area contributed by atoms with Gasteiger partial charge in [-0.1, -0.05) is 29.8 Å². The normalized spacial score (nSPS) is 18.2. The molecule has 98 valence electrons. The minimum Gasteiger partial charge on any atom is -0.390 e. The van der Waals surface area contributed by atoms with Crippen LogP contribution in [0.2, 0.25) is 5.02 Å². The molecule has 0 radical (unpaired) electrons. The Hall–Kier alpha value is -1.10. The van der Waals surface area contributed by atoms with Gasteiger partial charge in [0.25, 0.3) is 0 Å². The summed E-state index contributed by atoms with van der Waals surface area (Å²) in [6.07, 6.45) is -0.279. The summed E-state index contributed by atoms with van der Waals surface area (Å²) in [5.41, 5.74) is 0.913. The number of β-amino-alcohol motifs (C(OH)–C–C–N with tert-alkyl or cyclic N) is 1. The maximum Gasteiger partial charge on any atom is 0.234 e. The highest BCUT2D eigenvalue weighted by Gasteiger charge is 2.26. The van der Waals surface area contributed by atoms with Crippen molar-refractivity contribution in [3.63, 3.8) is 0 Å². The molecule has 0 spiro atoms. The van der Waals surface area contributed by atoms with Crippen LogP contribution < -0.4 is 5.32 Å². The summed E-state index contributed by atoms with van der Waals surface area (Å²) in [5.74, 6) is -0.0469. The second-order valence-corrected chi connectivity index (χ2v) is 5.07. The molecule has 4 nitrogen and oxygen atoms in total. The van der Waals surface area contributed by atoms with Gasteiger partial charge in [0.2, 0.25) is 5.91 Å². The number of benzene rings is 1. The van der Waals surface area contributed by atoms with Crippen molar-refractivity contribution in [2.24, 2.45) is 0 Å². The van der Waals surface area contributed by atoms with Crippen LogP contribution in [0.25, 0.3) is 0 Å². The topological polar surface area (TPSA) is 52.6 Å². The number of hydrogen-bond acceptors (Lipinski definition) is 3. The lowest BCUT2D eigenvalue weighted by atomic mass is 10.1. The van der Waals surface area contributed by atoms with E-state index in [9.17, 15) is 4.79 Å². The van der Waals surface area contributed by atoms with Crippen molar-refractivity contribution in [1.82, 2.24) is 10.2 Å². The first-order valence-corrected chi connectivity index (χ1v) is 6.38. The van der Waals surface area contributed by atoms with E-state index in [0.717, 1.165) is 5.56 Å². The Labute approximate surface area is 112 Å². The number of aliphatic hydroxyl groups is 1. The Bertz CT molecular complexity index is 433. The number of carbonyl (C=O) groups excluding carboxylic acids is 1. The van der Waals surface area contributed by atoms with Crippen LogP contribution in [0, 0.1) is 0 Å². The molecule has 1 fully saturated rings. The average molecular weight is 269 g/mol. The monoisotopic (exact) mass is 268 g/mol. The molecule has 2 rings (SSSR count). The van der Waals surface area contributed by atoms with Gasteiger partial charge in [-0.05, 0) is 18.6 Å². The zero-order chi connectivity index (χ0) is 13.1. The Kier molecular flexibility index (Phi) is 4.22. The first kappa shape index (κ1) is 13.3. The number of nitrogens with one attached hydrogen (secondary N) is 1. The first-order valence-electron chi connectivity index (χ1n) is 6.00. The van der Waals surface area contributed by atoms with Crippen molar-refractivity contribution in [2.45, 2.75) is 19.1 Å². The Morgan fingerprint density at radius 3 is 2.83 bits per heavy atom. The van der Waals surface area contributed by atoms with Crippen LogP contribution in [0.15, 0.2) is 24.3 Å². The molecule has 5 heteroatoms. The van der Waals surface area contributed by atoms with Gasteiger partial charge in [-0.25, -0.2) is 0 Å². The van der Waals surface area contributed by atoms with Gasteiger partial charge in [0.05, 0.1) is 18.7 Å². The van der Waals surface area contributed by atoms with E-state index < -0.39 is 0 Å². The highest BCUT2D eigenvalue weighted by atomic mass is 35.5. The molecule has 18 heavy (non-hydrogen) atoms. The third kappa shape index (κ3) is 3.22. The summed E-state index contributed by atoms with van der Waals surface area (Å²) in [7, 11) is 0. The summed E-state index contributed by atoms with van der Waals surface area (Å²) in [6, 6.07) is 7.36. The SMILES string of the molecule is CC(NC(=O)CN1CC(O)C1)c1ccccc1Cl. The Morgan fingerprint density at radius 2 is 2.22 bits per heavy atom. The molecule has 1 heterocycles. The van der Waals surface area contributed by atoms with Crippen molar-refractivity contribution in [3.05, 3.63) is 34.9 Å². The van der Waals surface area contributed by atoms with Crippen molar-refractivity contribution in [2.75, 3.05) is 19.6 Å². The van der Waals surface area contributed by atoms with Crippen LogP contribution in [0.3, 0.4) is 0 Å². The second-order valence-electron chi connectivity index (χ2n) is 4.66. The molecule has 0 aliphatic carbocycles. The number of amides is 1. The third-order valence-electron chi connectivity index (χ3n) is 3.05. The fourth-order valence-electron chi connectivity index (χ4n) is 2.07. The number of rotatable bonds is 4. The minimum absolute atomic E-state index is 0.0469. The number of nitrogens with zero attached hydrogens (tertiary/aromatic N) is 1. The van der Waals surface area contributed by atoms with Gasteiger partial charge in [0, 0.05) is 18.1 Å². The molecule has 1 aliphatic heterocycles. The quantitative estimate of drug-likeness (QED) is 0.863. The zero-order valence-corrected chi connectivity index (χ0v) is 11.0. The van der Waals surface area contributed by atoms with Crippen molar-refractivity contribution in [3.8, 4) is 0 Å². The van der Waals surface area contributed by atoms with E-state index in [2.05, 4.69) is 5.32 Å². The molecule has 1 saturated heterocycles. The molecule has 0 bridgehead atoms. The van der Waals surface area contributed by atoms with Crippen LogP contribution in [-0.2, 0) is 4.79 Å². The standard InChI is InChI=1S/C13H17ClN2O2/c1-9(11-4-2-3-5-12(11)14)15-13(18)8-16-6-10(17)7-16/h2-5,9-10,17H,6-8H2,1H3,(H,15,18). The van der Waals surface area contributed by atoms with E-state index in [1.165, 1.54) is 0 Å². The zero-order valence-electron chi connectivity index (χ0n) is 10.3. The Balaban J connectivity index is 1.85. The van der Waals surface area contributed by atoms with E-state index in [1.807, 2.05) is 36.1 Å². The molecule has 1 unspecified atom stereocenters. The number of hydrogen-bond donors (Lipinski definition) is 2. The third-order valence-corrected chi connectivity index (χ3v) is 3.40. The summed E-state index contributed by atoms with van der Waals surface area (Å²) in [5, 5.41) is 12.7. The van der Waals surface area contributed by atoms with Gasteiger partial charge in [-0.2, -0.15) is 0 Å². The summed E-state index contributed by atoms with van der Waals surface area (Å²) in [4.78, 5) is 13.7. The van der Waals surface area contributed by atoms with Gasteiger partial charge < -0.3 is 10.4 Å². The minimum atomic E-state index is -0.279. The first-order chi connectivity index (χ1) is 8.56. The van der Waals surface area contributed by atoms with Crippen LogP contribution in [0.1, 0.15) is 18.5 Å². The molecule has 1 amide bonds. The van der Waals surface area contributed by atoms with E-state index in [0.29, 0.717) is 24.7 Å². The average Bonchev–Trinajstić information content (AvgIpc) is 2.27. The molecular weight excluding hydrogens is 252 g/mol.